The Labute approximate surface area is 87.6 Å². The van der Waals surface area contributed by atoms with Gasteiger partial charge in [-0.05, 0) is 32.5 Å². The first-order chi connectivity index (χ1) is 6.49. The van der Waals surface area contributed by atoms with E-state index in [0.29, 0.717) is 13.2 Å². The van der Waals surface area contributed by atoms with E-state index >= 15 is 0 Å². The summed E-state index contributed by atoms with van der Waals surface area (Å²) in [6.45, 7) is 7.83. The summed E-state index contributed by atoms with van der Waals surface area (Å²) in [5, 5.41) is 0. The van der Waals surface area contributed by atoms with E-state index < -0.39 is 8.32 Å². The molecule has 1 aliphatic heterocycles. The molecule has 1 heterocycles. The summed E-state index contributed by atoms with van der Waals surface area (Å²) in [7, 11) is -1.48. The van der Waals surface area contributed by atoms with Crippen molar-refractivity contribution in [2.24, 2.45) is 0 Å². The minimum atomic E-state index is -1.48. The molecular weight excluding hydrogens is 194 g/mol. The van der Waals surface area contributed by atoms with E-state index in [1.165, 1.54) is 6.42 Å². The van der Waals surface area contributed by atoms with Gasteiger partial charge < -0.3 is 9.33 Å². The Hall–Kier alpha value is -0.353. The zero-order valence-electron chi connectivity index (χ0n) is 9.51. The lowest BCUT2D eigenvalue weighted by Crippen LogP contribution is -2.38. The molecule has 1 saturated heterocycles. The first-order valence-electron chi connectivity index (χ1n) is 5.41. The van der Waals surface area contributed by atoms with Gasteiger partial charge in [0, 0.05) is 13.0 Å². The third-order valence-electron chi connectivity index (χ3n) is 2.32. The largest absolute Gasteiger partial charge is 0.400 e. The average molecular weight is 215 g/mol. The molecule has 3 nitrogen and oxygen atoms in total. The maximum absolute atomic E-state index is 11.6. The van der Waals surface area contributed by atoms with E-state index in [1.54, 1.807) is 0 Å². The Morgan fingerprint density at radius 2 is 2.00 bits per heavy atom. The highest BCUT2D eigenvalue weighted by molar-refractivity contribution is 6.69. The Balaban J connectivity index is 2.37. The third kappa shape index (κ3) is 4.24. The lowest BCUT2D eigenvalue weighted by molar-refractivity contribution is -0.133. The Kier molecular flexibility index (Phi) is 4.13. The van der Waals surface area contributed by atoms with Crippen LogP contribution in [0, 0.1) is 0 Å². The zero-order valence-corrected chi connectivity index (χ0v) is 10.5. The molecule has 0 N–H and O–H groups in total. The van der Waals surface area contributed by atoms with Crippen LogP contribution in [0.4, 0.5) is 0 Å². The molecule has 1 amide bonds. The van der Waals surface area contributed by atoms with Crippen molar-refractivity contribution < 1.29 is 9.22 Å². The molecule has 0 aromatic heterocycles. The van der Waals surface area contributed by atoms with Crippen LogP contribution >= 0.6 is 0 Å². The number of nitrogens with zero attached hydrogens (tertiary/aromatic N) is 1. The molecule has 0 spiro atoms. The van der Waals surface area contributed by atoms with Gasteiger partial charge in [0.25, 0.3) is 0 Å². The van der Waals surface area contributed by atoms with Crippen LogP contribution in [0.2, 0.25) is 19.6 Å². The van der Waals surface area contributed by atoms with Crippen LogP contribution in [-0.2, 0) is 9.22 Å². The smallest absolute Gasteiger partial charge is 0.224 e. The fourth-order valence-electron chi connectivity index (χ4n) is 1.45. The summed E-state index contributed by atoms with van der Waals surface area (Å²) < 4.78 is 5.74. The van der Waals surface area contributed by atoms with Crippen LogP contribution in [0.1, 0.15) is 25.7 Å². The van der Waals surface area contributed by atoms with E-state index in [-0.39, 0.29) is 5.91 Å². The molecule has 0 unspecified atom stereocenters. The fraction of sp³-hybridized carbons (Fsp3) is 0.900. The molecule has 1 aliphatic rings. The zero-order chi connectivity index (χ0) is 10.6. The predicted octanol–water partition coefficient (Wildman–Crippen LogP) is 2.20. The van der Waals surface area contributed by atoms with Gasteiger partial charge >= 0.3 is 0 Å². The number of hydrogen-bond donors (Lipinski definition) is 0. The van der Waals surface area contributed by atoms with Crippen molar-refractivity contribution in [1.82, 2.24) is 4.90 Å². The molecule has 0 aromatic rings. The van der Waals surface area contributed by atoms with Crippen molar-refractivity contribution in [2.45, 2.75) is 45.3 Å². The molecule has 0 saturated carbocycles. The van der Waals surface area contributed by atoms with Crippen molar-refractivity contribution in [3.63, 3.8) is 0 Å². The van der Waals surface area contributed by atoms with Crippen molar-refractivity contribution in [3.8, 4) is 0 Å². The first-order valence-corrected chi connectivity index (χ1v) is 8.81. The summed E-state index contributed by atoms with van der Waals surface area (Å²) >= 11 is 0. The van der Waals surface area contributed by atoms with Gasteiger partial charge in [-0.3, -0.25) is 4.79 Å². The van der Waals surface area contributed by atoms with Gasteiger partial charge in [-0.15, -0.1) is 0 Å². The van der Waals surface area contributed by atoms with Gasteiger partial charge in [0.1, 0.15) is 6.73 Å². The Morgan fingerprint density at radius 1 is 1.29 bits per heavy atom. The first kappa shape index (κ1) is 11.7. The minimum absolute atomic E-state index is 0.265. The minimum Gasteiger partial charge on any atom is -0.400 e. The second kappa shape index (κ2) is 4.93. The summed E-state index contributed by atoms with van der Waals surface area (Å²) in [6, 6.07) is 0. The van der Waals surface area contributed by atoms with Gasteiger partial charge in [-0.2, -0.15) is 0 Å². The normalized spacial score (nSPS) is 19.6. The maximum Gasteiger partial charge on any atom is 0.224 e. The van der Waals surface area contributed by atoms with Gasteiger partial charge in [-0.1, -0.05) is 6.42 Å². The summed E-state index contributed by atoms with van der Waals surface area (Å²) in [4.78, 5) is 13.5. The monoisotopic (exact) mass is 215 g/mol. The highest BCUT2D eigenvalue weighted by Crippen LogP contribution is 2.12. The molecule has 0 atom stereocenters. The highest BCUT2D eigenvalue weighted by Gasteiger charge is 2.20. The molecule has 1 fully saturated rings. The molecular formula is C10H21NO2Si. The summed E-state index contributed by atoms with van der Waals surface area (Å²) in [5.74, 6) is 0.265. The third-order valence-corrected chi connectivity index (χ3v) is 3.32. The van der Waals surface area contributed by atoms with Crippen molar-refractivity contribution in [2.75, 3.05) is 13.3 Å². The summed E-state index contributed by atoms with van der Waals surface area (Å²) in [5.41, 5.74) is 0. The van der Waals surface area contributed by atoms with Crippen molar-refractivity contribution in [3.05, 3.63) is 0 Å². The highest BCUT2D eigenvalue weighted by atomic mass is 28.4. The SMILES string of the molecule is C[Si](C)(C)OCN1CCCCCC1=O. The van der Waals surface area contributed by atoms with E-state index in [0.717, 1.165) is 19.4 Å². The van der Waals surface area contributed by atoms with Gasteiger partial charge in [0.15, 0.2) is 8.32 Å². The van der Waals surface area contributed by atoms with E-state index in [9.17, 15) is 4.79 Å². The molecule has 4 heteroatoms. The quantitative estimate of drug-likeness (QED) is 0.675. The summed E-state index contributed by atoms with van der Waals surface area (Å²) in [6.07, 6.45) is 4.05. The molecule has 14 heavy (non-hydrogen) atoms. The Bertz CT molecular complexity index is 201. The van der Waals surface area contributed by atoms with Crippen LogP contribution in [0.25, 0.3) is 0 Å². The lowest BCUT2D eigenvalue weighted by Gasteiger charge is -2.25. The molecule has 0 aromatic carbocycles. The van der Waals surface area contributed by atoms with Crippen LogP contribution < -0.4 is 0 Å². The molecule has 0 bridgehead atoms. The number of carbonyl (C=O) groups excluding carboxylic acids is 1. The molecule has 0 radical (unpaired) electrons. The van der Waals surface area contributed by atoms with E-state index in [2.05, 4.69) is 19.6 Å². The lowest BCUT2D eigenvalue weighted by atomic mass is 10.2. The van der Waals surface area contributed by atoms with Crippen LogP contribution in [0.5, 0.6) is 0 Å². The average Bonchev–Trinajstić information content (AvgIpc) is 2.25. The number of carbonyl (C=O) groups is 1. The van der Waals surface area contributed by atoms with E-state index in [1.807, 2.05) is 4.90 Å². The number of rotatable bonds is 3. The van der Waals surface area contributed by atoms with Crippen LogP contribution in [0.3, 0.4) is 0 Å². The van der Waals surface area contributed by atoms with Gasteiger partial charge in [0.2, 0.25) is 5.91 Å². The maximum atomic E-state index is 11.6. The van der Waals surface area contributed by atoms with Crippen LogP contribution in [0.15, 0.2) is 0 Å². The number of likely N-dealkylation sites (tertiary alicyclic amines) is 1. The van der Waals surface area contributed by atoms with E-state index in [4.69, 9.17) is 4.43 Å². The van der Waals surface area contributed by atoms with Crippen molar-refractivity contribution in [1.29, 1.82) is 0 Å². The number of amides is 1. The second-order valence-corrected chi connectivity index (χ2v) is 9.37. The second-order valence-electron chi connectivity index (χ2n) is 4.85. The molecule has 1 rings (SSSR count). The van der Waals surface area contributed by atoms with Crippen molar-refractivity contribution >= 4 is 14.2 Å². The standard InChI is InChI=1S/C10H21NO2Si/c1-14(2,3)13-9-11-8-6-4-5-7-10(11)12/h4-9H2,1-3H3. The fourth-order valence-corrected chi connectivity index (χ4v) is 1.99. The van der Waals surface area contributed by atoms with Gasteiger partial charge in [-0.25, -0.2) is 0 Å². The Morgan fingerprint density at radius 3 is 2.64 bits per heavy atom. The van der Waals surface area contributed by atoms with Gasteiger partial charge in [0.05, 0.1) is 0 Å². The molecule has 82 valence electrons. The molecule has 0 aliphatic carbocycles. The number of hydrogen-bond acceptors (Lipinski definition) is 2. The topological polar surface area (TPSA) is 29.5 Å². The predicted molar refractivity (Wildman–Crippen MR) is 59.5 cm³/mol. The van der Waals surface area contributed by atoms with Crippen LogP contribution in [-0.4, -0.2) is 32.4 Å².